The van der Waals surface area contributed by atoms with Crippen molar-refractivity contribution in [3.63, 3.8) is 0 Å². The van der Waals surface area contributed by atoms with Gasteiger partial charge < -0.3 is 15.5 Å². The highest BCUT2D eigenvalue weighted by Gasteiger charge is 2.16. The molecule has 0 aliphatic heterocycles. The summed E-state index contributed by atoms with van der Waals surface area (Å²) in [4.78, 5) is 21.7. The van der Waals surface area contributed by atoms with Crippen molar-refractivity contribution in [2.45, 2.75) is 19.4 Å². The van der Waals surface area contributed by atoms with Crippen molar-refractivity contribution in [1.82, 2.24) is 0 Å². The third-order valence-electron chi connectivity index (χ3n) is 2.24. The SMILES string of the molecule is CCC(Nc1ccc(Cl)c(C(=O)O)c1)C(=O)O. The second kappa shape index (κ2) is 5.54. The molecule has 92 valence electrons. The summed E-state index contributed by atoms with van der Waals surface area (Å²) in [7, 11) is 0. The van der Waals surface area contributed by atoms with E-state index < -0.39 is 18.0 Å². The lowest BCUT2D eigenvalue weighted by Gasteiger charge is -2.14. The molecular weight excluding hydrogens is 246 g/mol. The zero-order valence-corrected chi connectivity index (χ0v) is 9.86. The van der Waals surface area contributed by atoms with Gasteiger partial charge in [0, 0.05) is 5.69 Å². The fourth-order valence-electron chi connectivity index (χ4n) is 1.32. The number of aliphatic carboxylic acids is 1. The van der Waals surface area contributed by atoms with Crippen LogP contribution in [0.25, 0.3) is 0 Å². The maximum absolute atomic E-state index is 10.8. The van der Waals surface area contributed by atoms with Crippen LogP contribution in [-0.2, 0) is 4.79 Å². The summed E-state index contributed by atoms with van der Waals surface area (Å²) in [5.74, 6) is -2.14. The van der Waals surface area contributed by atoms with Crippen LogP contribution in [0.2, 0.25) is 5.02 Å². The topological polar surface area (TPSA) is 86.6 Å². The highest BCUT2D eigenvalue weighted by Crippen LogP contribution is 2.21. The van der Waals surface area contributed by atoms with Gasteiger partial charge in [-0.05, 0) is 24.6 Å². The minimum absolute atomic E-state index is 0.0584. The first-order valence-electron chi connectivity index (χ1n) is 4.98. The monoisotopic (exact) mass is 257 g/mol. The quantitative estimate of drug-likeness (QED) is 0.754. The van der Waals surface area contributed by atoms with Crippen molar-refractivity contribution in [1.29, 1.82) is 0 Å². The molecule has 0 heterocycles. The summed E-state index contributed by atoms with van der Waals surface area (Å²) in [6, 6.07) is 3.52. The number of hydrogen-bond acceptors (Lipinski definition) is 3. The van der Waals surface area contributed by atoms with Gasteiger partial charge in [-0.15, -0.1) is 0 Å². The second-order valence-corrected chi connectivity index (χ2v) is 3.85. The van der Waals surface area contributed by atoms with E-state index >= 15 is 0 Å². The van der Waals surface area contributed by atoms with E-state index in [9.17, 15) is 9.59 Å². The van der Waals surface area contributed by atoms with E-state index in [-0.39, 0.29) is 10.6 Å². The van der Waals surface area contributed by atoms with Crippen LogP contribution in [0.3, 0.4) is 0 Å². The van der Waals surface area contributed by atoms with Crippen molar-refractivity contribution in [3.05, 3.63) is 28.8 Å². The van der Waals surface area contributed by atoms with Crippen LogP contribution in [0.1, 0.15) is 23.7 Å². The molecule has 0 fully saturated rings. The average molecular weight is 258 g/mol. The zero-order valence-electron chi connectivity index (χ0n) is 9.11. The Bertz CT molecular complexity index is 447. The molecular formula is C11H12ClNO4. The van der Waals surface area contributed by atoms with Crippen LogP contribution in [0.4, 0.5) is 5.69 Å². The normalized spacial score (nSPS) is 11.9. The molecule has 1 aromatic carbocycles. The lowest BCUT2D eigenvalue weighted by atomic mass is 10.1. The summed E-state index contributed by atoms with van der Waals surface area (Å²) in [5.41, 5.74) is 0.359. The van der Waals surface area contributed by atoms with Gasteiger partial charge in [-0.2, -0.15) is 0 Å². The van der Waals surface area contributed by atoms with Crippen LogP contribution < -0.4 is 5.32 Å². The Labute approximate surface area is 103 Å². The van der Waals surface area contributed by atoms with Crippen LogP contribution in [0.5, 0.6) is 0 Å². The predicted octanol–water partition coefficient (Wildman–Crippen LogP) is 2.31. The third-order valence-corrected chi connectivity index (χ3v) is 2.57. The molecule has 0 spiro atoms. The molecule has 6 heteroatoms. The minimum Gasteiger partial charge on any atom is -0.480 e. The van der Waals surface area contributed by atoms with E-state index in [1.54, 1.807) is 13.0 Å². The number of carboxylic acid groups (broad SMARTS) is 2. The Balaban J connectivity index is 2.96. The molecule has 1 rings (SSSR count). The lowest BCUT2D eigenvalue weighted by molar-refractivity contribution is -0.137. The standard InChI is InChI=1S/C11H12ClNO4/c1-2-9(11(16)17)13-6-3-4-8(12)7(5-6)10(14)15/h3-5,9,13H,2H2,1H3,(H,14,15)(H,16,17). The first-order valence-corrected chi connectivity index (χ1v) is 5.35. The van der Waals surface area contributed by atoms with Crippen molar-refractivity contribution >= 4 is 29.2 Å². The van der Waals surface area contributed by atoms with Gasteiger partial charge in [-0.3, -0.25) is 0 Å². The number of nitrogens with one attached hydrogen (secondary N) is 1. The lowest BCUT2D eigenvalue weighted by Crippen LogP contribution is -2.28. The first-order chi connectivity index (χ1) is 7.95. The number of halogens is 1. The molecule has 1 aromatic rings. The smallest absolute Gasteiger partial charge is 0.337 e. The number of aromatic carboxylic acids is 1. The van der Waals surface area contributed by atoms with Gasteiger partial charge in [0.1, 0.15) is 6.04 Å². The summed E-state index contributed by atoms with van der Waals surface area (Å²) in [6.45, 7) is 1.72. The number of hydrogen-bond donors (Lipinski definition) is 3. The van der Waals surface area contributed by atoms with Gasteiger partial charge in [-0.1, -0.05) is 18.5 Å². The molecule has 1 atom stereocenters. The van der Waals surface area contributed by atoms with Gasteiger partial charge in [0.25, 0.3) is 0 Å². The fraction of sp³-hybridized carbons (Fsp3) is 0.273. The highest BCUT2D eigenvalue weighted by atomic mass is 35.5. The Morgan fingerprint density at radius 3 is 2.53 bits per heavy atom. The molecule has 0 aliphatic rings. The van der Waals surface area contributed by atoms with Gasteiger partial charge in [0.05, 0.1) is 10.6 Å². The molecule has 1 unspecified atom stereocenters. The van der Waals surface area contributed by atoms with Crippen LogP contribution in [0.15, 0.2) is 18.2 Å². The molecule has 0 saturated carbocycles. The number of rotatable bonds is 5. The Kier molecular flexibility index (Phi) is 4.34. The van der Waals surface area contributed by atoms with E-state index in [2.05, 4.69) is 5.32 Å². The molecule has 0 amide bonds. The van der Waals surface area contributed by atoms with E-state index in [4.69, 9.17) is 21.8 Å². The summed E-state index contributed by atoms with van der Waals surface area (Å²) in [5, 5.41) is 20.6. The number of anilines is 1. The third kappa shape index (κ3) is 3.35. The molecule has 3 N–H and O–H groups in total. The first kappa shape index (κ1) is 13.3. The van der Waals surface area contributed by atoms with E-state index in [1.165, 1.54) is 12.1 Å². The van der Waals surface area contributed by atoms with Gasteiger partial charge in [-0.25, -0.2) is 9.59 Å². The summed E-state index contributed by atoms with van der Waals surface area (Å²) < 4.78 is 0. The van der Waals surface area contributed by atoms with E-state index in [1.807, 2.05) is 0 Å². The maximum Gasteiger partial charge on any atom is 0.337 e. The number of carbonyl (C=O) groups is 2. The van der Waals surface area contributed by atoms with Crippen LogP contribution in [0, 0.1) is 0 Å². The number of carboxylic acids is 2. The maximum atomic E-state index is 10.8. The predicted molar refractivity (Wildman–Crippen MR) is 63.7 cm³/mol. The van der Waals surface area contributed by atoms with Crippen molar-refractivity contribution in [2.75, 3.05) is 5.32 Å². The zero-order chi connectivity index (χ0) is 13.0. The second-order valence-electron chi connectivity index (χ2n) is 3.44. The van der Waals surface area contributed by atoms with Crippen molar-refractivity contribution in [3.8, 4) is 0 Å². The van der Waals surface area contributed by atoms with Crippen LogP contribution in [-0.4, -0.2) is 28.2 Å². The fourth-order valence-corrected chi connectivity index (χ4v) is 1.52. The van der Waals surface area contributed by atoms with Gasteiger partial charge in [0.2, 0.25) is 0 Å². The van der Waals surface area contributed by atoms with E-state index in [0.717, 1.165) is 0 Å². The van der Waals surface area contributed by atoms with E-state index in [0.29, 0.717) is 12.1 Å². The van der Waals surface area contributed by atoms with Gasteiger partial charge >= 0.3 is 11.9 Å². The van der Waals surface area contributed by atoms with Crippen molar-refractivity contribution in [2.24, 2.45) is 0 Å². The largest absolute Gasteiger partial charge is 0.480 e. The minimum atomic E-state index is -1.15. The van der Waals surface area contributed by atoms with Crippen molar-refractivity contribution < 1.29 is 19.8 Å². The average Bonchev–Trinajstić information content (AvgIpc) is 2.27. The molecule has 0 aliphatic carbocycles. The Hall–Kier alpha value is -1.75. The summed E-state index contributed by atoms with van der Waals surface area (Å²) >= 11 is 5.70. The van der Waals surface area contributed by atoms with Crippen LogP contribution >= 0.6 is 11.6 Å². The molecule has 5 nitrogen and oxygen atoms in total. The summed E-state index contributed by atoms with van der Waals surface area (Å²) in [6.07, 6.45) is 0.389. The van der Waals surface area contributed by atoms with Gasteiger partial charge in [0.15, 0.2) is 0 Å². The highest BCUT2D eigenvalue weighted by molar-refractivity contribution is 6.33. The molecule has 0 saturated heterocycles. The molecule has 17 heavy (non-hydrogen) atoms. The molecule has 0 radical (unpaired) electrons. The Morgan fingerprint density at radius 1 is 1.41 bits per heavy atom. The number of benzene rings is 1. The molecule has 0 bridgehead atoms. The molecule has 0 aromatic heterocycles. The Morgan fingerprint density at radius 2 is 2.06 bits per heavy atom.